The third-order valence-electron chi connectivity index (χ3n) is 5.92. The fourth-order valence-electron chi connectivity index (χ4n) is 4.02. The van der Waals surface area contributed by atoms with E-state index in [1.54, 1.807) is 30.0 Å². The number of nitrogens with zero attached hydrogens (tertiary/aromatic N) is 3. The van der Waals surface area contributed by atoms with Gasteiger partial charge in [-0.25, -0.2) is 13.2 Å². The number of sulfonamides is 1. The van der Waals surface area contributed by atoms with Crippen molar-refractivity contribution in [2.24, 2.45) is 5.92 Å². The molecule has 184 valence electrons. The molecule has 1 aliphatic heterocycles. The van der Waals surface area contributed by atoms with E-state index in [9.17, 15) is 18.0 Å². The van der Waals surface area contributed by atoms with Gasteiger partial charge in [-0.15, -0.1) is 6.58 Å². The molecular weight excluding hydrogens is 466 g/mol. The molecule has 0 aliphatic carbocycles. The van der Waals surface area contributed by atoms with Gasteiger partial charge >= 0.3 is 5.97 Å². The van der Waals surface area contributed by atoms with E-state index in [2.05, 4.69) is 12.6 Å². The van der Waals surface area contributed by atoms with Crippen LogP contribution in [0.1, 0.15) is 41.3 Å². The Hall–Kier alpha value is -3.48. The largest absolute Gasteiger partial charge is 0.462 e. The summed E-state index contributed by atoms with van der Waals surface area (Å²) in [5.41, 5.74) is 1.75. The zero-order chi connectivity index (χ0) is 25.4. The SMILES string of the molecule is C=CCN(Cc1ccc(C#N)cc1)C(=O)C1CCN(S(=O)(=O)c2ccc(C(=O)OCC)cc2)CC1. The molecular formula is C26H29N3O5S. The van der Waals surface area contributed by atoms with E-state index < -0.39 is 16.0 Å². The summed E-state index contributed by atoms with van der Waals surface area (Å²) in [5, 5.41) is 8.97. The number of hydrogen-bond donors (Lipinski definition) is 0. The lowest BCUT2D eigenvalue weighted by Crippen LogP contribution is -2.44. The molecule has 0 N–H and O–H groups in total. The summed E-state index contributed by atoms with van der Waals surface area (Å²) in [5.74, 6) is -0.822. The smallest absolute Gasteiger partial charge is 0.338 e. The zero-order valence-electron chi connectivity index (χ0n) is 19.7. The van der Waals surface area contributed by atoms with Crippen molar-refractivity contribution < 1.29 is 22.7 Å². The molecule has 0 bridgehead atoms. The summed E-state index contributed by atoms with van der Waals surface area (Å²) in [6, 6.07) is 14.9. The lowest BCUT2D eigenvalue weighted by atomic mass is 9.96. The first-order chi connectivity index (χ1) is 16.8. The van der Waals surface area contributed by atoms with Crippen molar-refractivity contribution >= 4 is 21.9 Å². The molecule has 0 atom stereocenters. The molecule has 9 heteroatoms. The summed E-state index contributed by atoms with van der Waals surface area (Å²) in [6.45, 7) is 6.93. The highest BCUT2D eigenvalue weighted by Crippen LogP contribution is 2.26. The quantitative estimate of drug-likeness (QED) is 0.390. The number of carbonyl (C=O) groups is 2. The van der Waals surface area contributed by atoms with Gasteiger partial charge in [-0.1, -0.05) is 18.2 Å². The van der Waals surface area contributed by atoms with Crippen LogP contribution in [0.5, 0.6) is 0 Å². The van der Waals surface area contributed by atoms with Crippen molar-refractivity contribution in [2.45, 2.75) is 31.2 Å². The van der Waals surface area contributed by atoms with Gasteiger partial charge in [0.15, 0.2) is 0 Å². The summed E-state index contributed by atoms with van der Waals surface area (Å²) >= 11 is 0. The van der Waals surface area contributed by atoms with Crippen LogP contribution in [0.3, 0.4) is 0 Å². The second-order valence-corrected chi connectivity index (χ2v) is 10.2. The number of carbonyl (C=O) groups excluding carboxylic acids is 2. The van der Waals surface area contributed by atoms with Gasteiger partial charge < -0.3 is 9.64 Å². The third-order valence-corrected chi connectivity index (χ3v) is 7.84. The number of amides is 1. The molecule has 0 saturated carbocycles. The number of esters is 1. The van der Waals surface area contributed by atoms with Crippen LogP contribution in [-0.4, -0.2) is 55.7 Å². The molecule has 8 nitrogen and oxygen atoms in total. The molecule has 1 aliphatic rings. The maximum Gasteiger partial charge on any atom is 0.338 e. The van der Waals surface area contributed by atoms with E-state index in [4.69, 9.17) is 10.00 Å². The highest BCUT2D eigenvalue weighted by atomic mass is 32.2. The predicted octanol–water partition coefficient (Wildman–Crippen LogP) is 3.35. The molecule has 35 heavy (non-hydrogen) atoms. The van der Waals surface area contributed by atoms with Gasteiger partial charge in [0.2, 0.25) is 15.9 Å². The van der Waals surface area contributed by atoms with Crippen molar-refractivity contribution in [1.29, 1.82) is 5.26 Å². The Morgan fingerprint density at radius 1 is 1.14 bits per heavy atom. The number of rotatable bonds is 9. The van der Waals surface area contributed by atoms with Crippen LogP contribution in [0.2, 0.25) is 0 Å². The molecule has 1 fully saturated rings. The van der Waals surface area contributed by atoms with Gasteiger partial charge in [0.1, 0.15) is 0 Å². The molecule has 3 rings (SSSR count). The second-order valence-electron chi connectivity index (χ2n) is 8.24. The van der Waals surface area contributed by atoms with Crippen LogP contribution in [0.4, 0.5) is 0 Å². The molecule has 0 aromatic heterocycles. The lowest BCUT2D eigenvalue weighted by molar-refractivity contribution is -0.136. The molecule has 2 aromatic rings. The minimum Gasteiger partial charge on any atom is -0.462 e. The number of ether oxygens (including phenoxy) is 1. The monoisotopic (exact) mass is 495 g/mol. The van der Waals surface area contributed by atoms with Crippen molar-refractivity contribution in [3.63, 3.8) is 0 Å². The zero-order valence-corrected chi connectivity index (χ0v) is 20.5. The normalized spacial score (nSPS) is 14.6. The Kier molecular flexibility index (Phi) is 8.79. The number of nitriles is 1. The Morgan fingerprint density at radius 3 is 2.31 bits per heavy atom. The Balaban J connectivity index is 1.63. The van der Waals surface area contributed by atoms with Gasteiger partial charge in [-0.3, -0.25) is 4.79 Å². The molecule has 1 amide bonds. The molecule has 0 unspecified atom stereocenters. The molecule has 1 saturated heterocycles. The number of hydrogen-bond acceptors (Lipinski definition) is 6. The van der Waals surface area contributed by atoms with Gasteiger partial charge in [-0.05, 0) is 61.7 Å². The van der Waals surface area contributed by atoms with Crippen molar-refractivity contribution in [3.05, 3.63) is 77.9 Å². The van der Waals surface area contributed by atoms with E-state index in [0.717, 1.165) is 5.56 Å². The topological polar surface area (TPSA) is 108 Å². The maximum atomic E-state index is 13.2. The van der Waals surface area contributed by atoms with Crippen molar-refractivity contribution in [2.75, 3.05) is 26.2 Å². The van der Waals surface area contributed by atoms with Gasteiger partial charge in [0.25, 0.3) is 0 Å². The second kappa shape index (κ2) is 11.8. The Morgan fingerprint density at radius 2 is 1.77 bits per heavy atom. The van der Waals surface area contributed by atoms with E-state index in [1.807, 2.05) is 12.1 Å². The van der Waals surface area contributed by atoms with E-state index in [0.29, 0.717) is 37.1 Å². The van der Waals surface area contributed by atoms with E-state index in [1.165, 1.54) is 28.6 Å². The Labute approximate surface area is 206 Å². The fourth-order valence-corrected chi connectivity index (χ4v) is 5.49. The van der Waals surface area contributed by atoms with E-state index >= 15 is 0 Å². The Bertz CT molecular complexity index is 1190. The standard InChI is InChI=1S/C26H29N3O5S/c1-3-15-28(19-21-7-5-20(18-27)6-8-21)25(30)22-13-16-29(17-14-22)35(32,33)24-11-9-23(10-12-24)26(31)34-4-2/h3,5-12,22H,1,4,13-17,19H2,2H3. The number of piperidine rings is 1. The fraction of sp³-hybridized carbons (Fsp3) is 0.346. The minimum absolute atomic E-state index is 0.0369. The number of benzene rings is 2. The summed E-state index contributed by atoms with van der Waals surface area (Å²) in [4.78, 5) is 26.8. The molecule has 0 radical (unpaired) electrons. The average Bonchev–Trinajstić information content (AvgIpc) is 2.88. The maximum absolute atomic E-state index is 13.2. The van der Waals surface area contributed by atoms with Crippen LogP contribution in [0, 0.1) is 17.2 Å². The van der Waals surface area contributed by atoms with Gasteiger partial charge in [-0.2, -0.15) is 9.57 Å². The van der Waals surface area contributed by atoms with Crippen molar-refractivity contribution in [3.8, 4) is 6.07 Å². The summed E-state index contributed by atoms with van der Waals surface area (Å²) < 4.78 is 32.5. The first-order valence-electron chi connectivity index (χ1n) is 11.5. The summed E-state index contributed by atoms with van der Waals surface area (Å²) in [6.07, 6.45) is 2.50. The molecule has 1 heterocycles. The highest BCUT2D eigenvalue weighted by molar-refractivity contribution is 7.89. The lowest BCUT2D eigenvalue weighted by Gasteiger charge is -2.33. The van der Waals surface area contributed by atoms with Crippen molar-refractivity contribution in [1.82, 2.24) is 9.21 Å². The van der Waals surface area contributed by atoms with Gasteiger partial charge in [0, 0.05) is 32.1 Å². The summed E-state index contributed by atoms with van der Waals surface area (Å²) in [7, 11) is -3.74. The first-order valence-corrected chi connectivity index (χ1v) is 12.9. The third kappa shape index (κ3) is 6.35. The average molecular weight is 496 g/mol. The van der Waals surface area contributed by atoms with E-state index in [-0.39, 0.29) is 36.4 Å². The highest BCUT2D eigenvalue weighted by Gasteiger charge is 2.33. The predicted molar refractivity (Wildman–Crippen MR) is 131 cm³/mol. The molecule has 0 spiro atoms. The first kappa shape index (κ1) is 26.1. The van der Waals surface area contributed by atoms with Crippen LogP contribution in [-0.2, 0) is 26.1 Å². The van der Waals surface area contributed by atoms with Crippen LogP contribution >= 0.6 is 0 Å². The van der Waals surface area contributed by atoms with Crippen LogP contribution in [0.25, 0.3) is 0 Å². The van der Waals surface area contributed by atoms with Gasteiger partial charge in [0.05, 0.1) is 28.7 Å². The van der Waals surface area contributed by atoms with Crippen LogP contribution in [0.15, 0.2) is 66.1 Å². The minimum atomic E-state index is -3.74. The van der Waals surface area contributed by atoms with Crippen LogP contribution < -0.4 is 0 Å². The molecule has 2 aromatic carbocycles.